The molecule has 0 aliphatic carbocycles. The normalized spacial score (nSPS) is 18.2. The number of nitrogens with one attached hydrogen (secondary N) is 2. The molecule has 2 N–H and O–H groups in total. The Bertz CT molecular complexity index is 855. The fourth-order valence-corrected chi connectivity index (χ4v) is 3.93. The minimum atomic E-state index is -0.0356. The lowest BCUT2D eigenvalue weighted by molar-refractivity contribution is -0.910. The van der Waals surface area contributed by atoms with Crippen LogP contribution in [-0.2, 0) is 4.79 Å². The number of anilines is 1. The molecule has 1 aliphatic heterocycles. The van der Waals surface area contributed by atoms with Crippen molar-refractivity contribution < 1.29 is 28.6 Å². The van der Waals surface area contributed by atoms with E-state index in [1.807, 2.05) is 24.3 Å². The molecule has 1 fully saturated rings. The summed E-state index contributed by atoms with van der Waals surface area (Å²) in [6, 6.07) is 11.4. The Labute approximate surface area is 171 Å². The van der Waals surface area contributed by atoms with E-state index in [-0.39, 0.29) is 11.9 Å². The summed E-state index contributed by atoms with van der Waals surface area (Å²) < 4.78 is 21.4. The van der Waals surface area contributed by atoms with Crippen LogP contribution in [0.25, 0.3) is 0 Å². The largest absolute Gasteiger partial charge is 0.497 e. The maximum absolute atomic E-state index is 12.7. The number of amides is 1. The van der Waals surface area contributed by atoms with Crippen LogP contribution in [-0.4, -0.2) is 47.4 Å². The zero-order valence-electron chi connectivity index (χ0n) is 17.4. The average Bonchev–Trinajstić information content (AvgIpc) is 3.20. The maximum Gasteiger partial charge on any atom is 0.279 e. The van der Waals surface area contributed by atoms with Crippen molar-refractivity contribution in [1.82, 2.24) is 0 Å². The van der Waals surface area contributed by atoms with Gasteiger partial charge in [-0.1, -0.05) is 0 Å². The Hall–Kier alpha value is -2.93. The van der Waals surface area contributed by atoms with Gasteiger partial charge in [0.15, 0.2) is 18.0 Å². The first-order valence-electron chi connectivity index (χ1n) is 9.68. The predicted molar refractivity (Wildman–Crippen MR) is 110 cm³/mol. The first-order chi connectivity index (χ1) is 14.1. The van der Waals surface area contributed by atoms with Crippen LogP contribution in [0, 0.1) is 0 Å². The maximum atomic E-state index is 12.7. The second-order valence-corrected chi connectivity index (χ2v) is 7.01. The van der Waals surface area contributed by atoms with Crippen LogP contribution >= 0.6 is 0 Å². The van der Waals surface area contributed by atoms with Crippen LogP contribution in [0.3, 0.4) is 0 Å². The third-order valence-electron chi connectivity index (χ3n) is 5.35. The molecule has 29 heavy (non-hydrogen) atoms. The van der Waals surface area contributed by atoms with Gasteiger partial charge in [0.05, 0.1) is 40.5 Å². The highest BCUT2D eigenvalue weighted by Crippen LogP contribution is 2.32. The Morgan fingerprint density at radius 3 is 2.41 bits per heavy atom. The molecular formula is C22H29N2O5+. The van der Waals surface area contributed by atoms with Gasteiger partial charge in [-0.2, -0.15) is 0 Å². The molecule has 3 rings (SSSR count). The van der Waals surface area contributed by atoms with Gasteiger partial charge < -0.3 is 29.2 Å². The second-order valence-electron chi connectivity index (χ2n) is 7.01. The third kappa shape index (κ3) is 4.74. The van der Waals surface area contributed by atoms with Gasteiger partial charge in [-0.25, -0.2) is 0 Å². The molecule has 0 aromatic heterocycles. The number of carbonyl (C=O) groups is 1. The van der Waals surface area contributed by atoms with Gasteiger partial charge in [-0.05, 0) is 24.3 Å². The lowest BCUT2D eigenvalue weighted by Gasteiger charge is -2.23. The molecule has 1 unspecified atom stereocenters. The van der Waals surface area contributed by atoms with E-state index in [0.29, 0.717) is 23.7 Å². The molecule has 0 radical (unpaired) electrons. The smallest absolute Gasteiger partial charge is 0.279 e. The minimum Gasteiger partial charge on any atom is -0.497 e. The van der Waals surface area contributed by atoms with Crippen LogP contribution < -0.4 is 29.2 Å². The van der Waals surface area contributed by atoms with Gasteiger partial charge in [0.2, 0.25) is 0 Å². The molecule has 0 bridgehead atoms. The van der Waals surface area contributed by atoms with Gasteiger partial charge in [-0.3, -0.25) is 4.79 Å². The van der Waals surface area contributed by atoms with Crippen LogP contribution in [0.15, 0.2) is 36.4 Å². The van der Waals surface area contributed by atoms with E-state index >= 15 is 0 Å². The zero-order chi connectivity index (χ0) is 20.8. The molecule has 7 nitrogen and oxygen atoms in total. The van der Waals surface area contributed by atoms with Crippen molar-refractivity contribution >= 4 is 11.6 Å². The van der Waals surface area contributed by atoms with Gasteiger partial charge in [0.1, 0.15) is 17.5 Å². The van der Waals surface area contributed by atoms with Crippen molar-refractivity contribution in [2.45, 2.75) is 18.9 Å². The van der Waals surface area contributed by atoms with E-state index in [0.717, 1.165) is 36.4 Å². The molecular weight excluding hydrogens is 372 g/mol. The molecule has 7 heteroatoms. The van der Waals surface area contributed by atoms with Crippen LogP contribution in [0.1, 0.15) is 24.4 Å². The van der Waals surface area contributed by atoms with E-state index in [9.17, 15) is 4.79 Å². The van der Waals surface area contributed by atoms with Crippen molar-refractivity contribution in [3.05, 3.63) is 42.0 Å². The Balaban J connectivity index is 1.70. The lowest BCUT2D eigenvalue weighted by Crippen LogP contribution is -3.11. The number of ether oxygens (including phenoxy) is 4. The van der Waals surface area contributed by atoms with Gasteiger partial charge in [-0.15, -0.1) is 0 Å². The molecule has 2 atom stereocenters. The number of likely N-dealkylation sites (tertiary alicyclic amines) is 1. The standard InChI is InChI=1S/C22H28N2O5/c1-26-16-8-9-17(20(13-16)28-3)18-6-5-11-24(18)14-22(25)23-15-7-10-19(27-2)21(12-15)29-4/h7-10,12-13,18H,5-6,11,14H2,1-4H3,(H,23,25)/p+1/t18-/m0/s1. The van der Waals surface area contributed by atoms with E-state index < -0.39 is 0 Å². The number of methoxy groups -OCH3 is 4. The number of quaternary nitrogens is 1. The van der Waals surface area contributed by atoms with Crippen molar-refractivity contribution in [1.29, 1.82) is 0 Å². The number of benzene rings is 2. The SMILES string of the molecule is COc1ccc([C@@H]2CCC[NH+]2CC(=O)Nc2ccc(OC)c(OC)c2)c(OC)c1. The Kier molecular flexibility index (Phi) is 6.82. The van der Waals surface area contributed by atoms with Crippen molar-refractivity contribution in [2.75, 3.05) is 46.8 Å². The molecule has 156 valence electrons. The summed E-state index contributed by atoms with van der Waals surface area (Å²) in [5, 5.41) is 2.97. The van der Waals surface area contributed by atoms with E-state index in [1.54, 1.807) is 40.6 Å². The highest BCUT2D eigenvalue weighted by molar-refractivity contribution is 5.91. The highest BCUT2D eigenvalue weighted by Gasteiger charge is 2.33. The molecule has 1 saturated heterocycles. The Morgan fingerprint density at radius 2 is 1.72 bits per heavy atom. The summed E-state index contributed by atoms with van der Waals surface area (Å²) in [5.41, 5.74) is 1.80. The van der Waals surface area contributed by atoms with Crippen LogP contribution in [0.4, 0.5) is 5.69 Å². The number of hydrogen-bond acceptors (Lipinski definition) is 5. The van der Waals surface area contributed by atoms with Crippen LogP contribution in [0.5, 0.6) is 23.0 Å². The monoisotopic (exact) mass is 401 g/mol. The molecule has 2 aromatic carbocycles. The molecule has 1 heterocycles. The first kappa shape index (κ1) is 20.8. The van der Waals surface area contributed by atoms with E-state index in [1.165, 1.54) is 4.90 Å². The number of hydrogen-bond donors (Lipinski definition) is 2. The first-order valence-corrected chi connectivity index (χ1v) is 9.68. The van der Waals surface area contributed by atoms with Crippen molar-refractivity contribution in [3.63, 3.8) is 0 Å². The summed E-state index contributed by atoms with van der Waals surface area (Å²) in [7, 11) is 6.46. The lowest BCUT2D eigenvalue weighted by atomic mass is 10.0. The quantitative estimate of drug-likeness (QED) is 0.709. The number of carbonyl (C=O) groups excluding carboxylic acids is 1. The number of rotatable bonds is 8. The molecule has 2 aromatic rings. The van der Waals surface area contributed by atoms with Crippen molar-refractivity contribution in [3.8, 4) is 23.0 Å². The third-order valence-corrected chi connectivity index (χ3v) is 5.35. The minimum absolute atomic E-state index is 0.0356. The fourth-order valence-electron chi connectivity index (χ4n) is 3.93. The van der Waals surface area contributed by atoms with Gasteiger partial charge in [0, 0.05) is 30.7 Å². The summed E-state index contributed by atoms with van der Waals surface area (Å²) in [5.74, 6) is 2.74. The van der Waals surface area contributed by atoms with Crippen molar-refractivity contribution in [2.24, 2.45) is 0 Å². The molecule has 1 amide bonds. The molecule has 0 spiro atoms. The molecule has 0 saturated carbocycles. The van der Waals surface area contributed by atoms with Gasteiger partial charge in [0.25, 0.3) is 5.91 Å². The second kappa shape index (κ2) is 9.52. The topological polar surface area (TPSA) is 70.5 Å². The summed E-state index contributed by atoms with van der Waals surface area (Å²) in [6.45, 7) is 1.33. The van der Waals surface area contributed by atoms with Gasteiger partial charge >= 0.3 is 0 Å². The van der Waals surface area contributed by atoms with E-state index in [4.69, 9.17) is 18.9 Å². The average molecular weight is 401 g/mol. The highest BCUT2D eigenvalue weighted by atomic mass is 16.5. The predicted octanol–water partition coefficient (Wildman–Crippen LogP) is 2.08. The fraction of sp³-hybridized carbons (Fsp3) is 0.409. The Morgan fingerprint density at radius 1 is 0.966 bits per heavy atom. The summed E-state index contributed by atoms with van der Waals surface area (Å²) in [4.78, 5) is 13.9. The van der Waals surface area contributed by atoms with E-state index in [2.05, 4.69) is 5.32 Å². The van der Waals surface area contributed by atoms with Crippen LogP contribution in [0.2, 0.25) is 0 Å². The summed E-state index contributed by atoms with van der Waals surface area (Å²) in [6.07, 6.45) is 2.08. The zero-order valence-corrected chi connectivity index (χ0v) is 17.4. The summed E-state index contributed by atoms with van der Waals surface area (Å²) >= 11 is 0. The molecule has 1 aliphatic rings.